The quantitative estimate of drug-likeness (QED) is 0.0875. The van der Waals surface area contributed by atoms with Crippen molar-refractivity contribution >= 4 is 17.7 Å². The smallest absolute Gasteiger partial charge is 0.121 e. The Bertz CT molecular complexity index is 1250. The molecule has 7 nitrogen and oxygen atoms in total. The Balaban J connectivity index is 1.59. The van der Waals surface area contributed by atoms with Crippen LogP contribution >= 0.6 is 11.9 Å². The second-order valence-corrected chi connectivity index (χ2v) is 16.5. The molecule has 5 atom stereocenters. The van der Waals surface area contributed by atoms with Gasteiger partial charge in [-0.15, -0.1) is 0 Å². The van der Waals surface area contributed by atoms with E-state index in [1.54, 1.807) is 0 Å². The van der Waals surface area contributed by atoms with Gasteiger partial charge in [0.15, 0.2) is 0 Å². The minimum absolute atomic E-state index is 0.0214. The molecule has 1 saturated carbocycles. The first-order valence-corrected chi connectivity index (χ1v) is 20.2. The molecule has 4 unspecified atom stereocenters. The maximum Gasteiger partial charge on any atom is 0.121 e. The first kappa shape index (κ1) is 39.4. The summed E-state index contributed by atoms with van der Waals surface area (Å²) in [5.74, 6) is 3.19. The number of hydrazine groups is 1. The van der Waals surface area contributed by atoms with Crippen molar-refractivity contribution in [2.75, 3.05) is 33.7 Å². The van der Waals surface area contributed by atoms with Crippen molar-refractivity contribution in [2.24, 2.45) is 33.9 Å². The van der Waals surface area contributed by atoms with Crippen LogP contribution in [0.3, 0.4) is 0 Å². The molecule has 0 spiro atoms. The molecular weight excluding hydrogens is 623 g/mol. The molecule has 4 rings (SSSR count). The second kappa shape index (κ2) is 19.8. The van der Waals surface area contributed by atoms with Gasteiger partial charge in [0, 0.05) is 38.5 Å². The molecule has 274 valence electrons. The van der Waals surface area contributed by atoms with Crippen LogP contribution in [0.4, 0.5) is 0 Å². The number of allylic oxidation sites excluding steroid dienone is 4. The molecule has 1 fully saturated rings. The van der Waals surface area contributed by atoms with Crippen LogP contribution in [0.2, 0.25) is 0 Å². The molecule has 0 bridgehead atoms. The summed E-state index contributed by atoms with van der Waals surface area (Å²) in [7, 11) is 4.33. The van der Waals surface area contributed by atoms with Gasteiger partial charge in [0.05, 0.1) is 29.4 Å². The summed E-state index contributed by atoms with van der Waals surface area (Å²) in [4.78, 5) is 5.49. The molecule has 49 heavy (non-hydrogen) atoms. The van der Waals surface area contributed by atoms with Gasteiger partial charge in [0.1, 0.15) is 5.82 Å². The van der Waals surface area contributed by atoms with Crippen molar-refractivity contribution in [3.63, 3.8) is 0 Å². The van der Waals surface area contributed by atoms with Gasteiger partial charge in [0.25, 0.3) is 0 Å². The zero-order valence-corrected chi connectivity index (χ0v) is 32.6. The lowest BCUT2D eigenvalue weighted by molar-refractivity contribution is 0.00877. The molecule has 0 aromatic heterocycles. The number of rotatable bonds is 13. The number of hydrogen-bond acceptors (Lipinski definition) is 8. The van der Waals surface area contributed by atoms with Gasteiger partial charge in [-0.2, -0.15) is 0 Å². The Morgan fingerprint density at radius 3 is 2.73 bits per heavy atom. The van der Waals surface area contributed by atoms with E-state index >= 15 is 0 Å². The van der Waals surface area contributed by atoms with E-state index in [2.05, 4.69) is 104 Å². The molecular formula is C41H69N7S. The highest BCUT2D eigenvalue weighted by Gasteiger charge is 2.30. The van der Waals surface area contributed by atoms with Gasteiger partial charge in [-0.25, -0.2) is 9.73 Å². The minimum Gasteiger partial charge on any atom is -0.393 e. The number of nitrogens with one attached hydrogen (secondary N) is 3. The summed E-state index contributed by atoms with van der Waals surface area (Å²) in [6, 6.07) is 0.226. The Morgan fingerprint density at radius 1 is 1.14 bits per heavy atom. The highest BCUT2D eigenvalue weighted by Crippen LogP contribution is 2.40. The summed E-state index contributed by atoms with van der Waals surface area (Å²) in [5, 5.41) is 13.1. The van der Waals surface area contributed by atoms with Crippen molar-refractivity contribution in [2.45, 2.75) is 123 Å². The first-order chi connectivity index (χ1) is 23.6. The normalized spacial score (nSPS) is 30.1. The predicted molar refractivity (Wildman–Crippen MR) is 214 cm³/mol. The van der Waals surface area contributed by atoms with Crippen molar-refractivity contribution in [3.05, 3.63) is 71.2 Å². The van der Waals surface area contributed by atoms with Crippen LogP contribution in [0.25, 0.3) is 0 Å². The van der Waals surface area contributed by atoms with E-state index in [9.17, 15) is 0 Å². The molecule has 0 saturated heterocycles. The third kappa shape index (κ3) is 11.8. The summed E-state index contributed by atoms with van der Waals surface area (Å²) >= 11 is 1.45. The summed E-state index contributed by atoms with van der Waals surface area (Å²) in [6.07, 6.45) is 31.9. The largest absolute Gasteiger partial charge is 0.393 e. The topological polar surface area (TPSA) is 81.0 Å². The van der Waals surface area contributed by atoms with Crippen LogP contribution in [0, 0.1) is 23.2 Å². The average Bonchev–Trinajstić information content (AvgIpc) is 3.37. The fraction of sp³-hybridized carbons (Fsp3) is 0.683. The maximum atomic E-state index is 6.06. The fourth-order valence-corrected chi connectivity index (χ4v) is 8.78. The monoisotopic (exact) mass is 692 g/mol. The zero-order chi connectivity index (χ0) is 35.2. The van der Waals surface area contributed by atoms with Gasteiger partial charge in [-0.3, -0.25) is 10.0 Å². The number of nitrogens with two attached hydrogens (primary N) is 1. The molecule has 2 heterocycles. The Hall–Kier alpha value is -2.42. The lowest BCUT2D eigenvalue weighted by atomic mass is 9.72. The summed E-state index contributed by atoms with van der Waals surface area (Å²) < 4.78 is 3.44. The SMILES string of the molecule is C=C(NC/C(=N/CCC1CCCCC(C)(CCC)CC1)C1=C(NC)N(C2C=CC[C@H](C(C)C)/C=C\C2)N(C)CCC1)C1C=CC=C(N)SN1. The number of hydrogen-bond donors (Lipinski definition) is 4. The van der Waals surface area contributed by atoms with E-state index in [1.807, 2.05) is 12.2 Å². The number of nitrogens with zero attached hydrogens (tertiary/aromatic N) is 3. The van der Waals surface area contributed by atoms with E-state index in [0.717, 1.165) is 61.1 Å². The predicted octanol–water partition coefficient (Wildman–Crippen LogP) is 8.59. The highest BCUT2D eigenvalue weighted by molar-refractivity contribution is 8.01. The Kier molecular flexibility index (Phi) is 15.9. The van der Waals surface area contributed by atoms with E-state index in [1.165, 1.54) is 81.1 Å². The van der Waals surface area contributed by atoms with E-state index in [0.29, 0.717) is 23.8 Å². The molecule has 0 amide bonds. The Morgan fingerprint density at radius 2 is 1.96 bits per heavy atom. The summed E-state index contributed by atoms with van der Waals surface area (Å²) in [6.45, 7) is 16.5. The maximum absolute atomic E-state index is 6.06. The molecule has 5 N–H and O–H groups in total. The third-order valence-corrected chi connectivity index (χ3v) is 12.0. The van der Waals surface area contributed by atoms with Gasteiger partial charge >= 0.3 is 0 Å². The van der Waals surface area contributed by atoms with Crippen molar-refractivity contribution in [1.29, 1.82) is 0 Å². The highest BCUT2D eigenvalue weighted by atomic mass is 32.2. The first-order valence-electron chi connectivity index (χ1n) is 19.4. The van der Waals surface area contributed by atoms with E-state index in [-0.39, 0.29) is 12.1 Å². The molecule has 8 heteroatoms. The average molecular weight is 692 g/mol. The Labute approximate surface area is 304 Å². The zero-order valence-electron chi connectivity index (χ0n) is 31.8. The van der Waals surface area contributed by atoms with Gasteiger partial charge in [-0.05, 0) is 99.0 Å². The standard InChI is InChI=1S/C41H69N7S/c1-8-25-41(5)26-10-9-15-33(23-27-41)24-28-44-38(30-45-32(4)37-21-13-22-39(42)49-46-37)36-20-14-29-47(7)48(40(36)43-6)35-18-11-16-34(31(2)3)17-12-19-35/h11-13,16,19,21-22,31,33-35,37,43,45-46H,4,8-10,14-15,17-18,20,23-30,42H2,1-3,5-7H3/b16-11-,19-12?,44-38-/t33?,34-,35?,37?,41?/m1/s1. The van der Waals surface area contributed by atoms with Crippen molar-refractivity contribution < 1.29 is 0 Å². The van der Waals surface area contributed by atoms with E-state index < -0.39 is 0 Å². The lowest BCUT2D eigenvalue weighted by Crippen LogP contribution is -2.48. The molecule has 4 aliphatic rings. The fourth-order valence-electron chi connectivity index (χ4n) is 8.15. The van der Waals surface area contributed by atoms with Crippen molar-refractivity contribution in [3.8, 4) is 0 Å². The summed E-state index contributed by atoms with van der Waals surface area (Å²) in [5.41, 5.74) is 9.98. The van der Waals surface area contributed by atoms with Crippen LogP contribution in [-0.4, -0.2) is 61.5 Å². The van der Waals surface area contributed by atoms with E-state index in [4.69, 9.17) is 10.7 Å². The molecule has 0 aromatic rings. The van der Waals surface area contributed by atoms with Crippen molar-refractivity contribution in [1.82, 2.24) is 25.4 Å². The number of aliphatic imine (C=N–C) groups is 1. The van der Waals surface area contributed by atoms with Gasteiger partial charge < -0.3 is 16.4 Å². The molecule has 0 aromatic carbocycles. The van der Waals surface area contributed by atoms with Crippen LogP contribution in [0.1, 0.15) is 111 Å². The molecule has 0 radical (unpaired) electrons. The van der Waals surface area contributed by atoms with Gasteiger partial charge in [-0.1, -0.05) is 96.4 Å². The second-order valence-electron chi connectivity index (χ2n) is 15.6. The van der Waals surface area contributed by atoms with Crippen LogP contribution in [0.15, 0.2) is 76.2 Å². The minimum atomic E-state index is -0.0214. The van der Waals surface area contributed by atoms with Gasteiger partial charge in [0.2, 0.25) is 0 Å². The third-order valence-electron chi connectivity index (χ3n) is 11.3. The van der Waals surface area contributed by atoms with Crippen LogP contribution in [-0.2, 0) is 0 Å². The van der Waals surface area contributed by atoms with Crippen LogP contribution < -0.4 is 21.1 Å². The molecule has 2 aliphatic heterocycles. The van der Waals surface area contributed by atoms with Crippen LogP contribution in [0.5, 0.6) is 0 Å². The molecule has 2 aliphatic carbocycles. The lowest BCUT2D eigenvalue weighted by Gasteiger charge is -2.40.